The summed E-state index contributed by atoms with van der Waals surface area (Å²) in [6, 6.07) is 0. The van der Waals surface area contributed by atoms with Crippen molar-refractivity contribution >= 4 is 17.7 Å². The quantitative estimate of drug-likeness (QED) is 0.708. The van der Waals surface area contributed by atoms with Gasteiger partial charge in [-0.1, -0.05) is 13.8 Å². The number of carbonyl (C=O) groups excluding carboxylic acids is 3. The highest BCUT2D eigenvalue weighted by molar-refractivity contribution is 5.85. The van der Waals surface area contributed by atoms with E-state index in [-0.39, 0.29) is 30.2 Å². The number of amides is 3. The molecule has 6 nitrogen and oxygen atoms in total. The second kappa shape index (κ2) is 6.37. The van der Waals surface area contributed by atoms with Crippen LogP contribution in [0.15, 0.2) is 0 Å². The van der Waals surface area contributed by atoms with Gasteiger partial charge in [-0.25, -0.2) is 0 Å². The van der Waals surface area contributed by atoms with Gasteiger partial charge in [0.15, 0.2) is 0 Å². The third kappa shape index (κ3) is 4.01. The molecule has 0 bridgehead atoms. The maximum atomic E-state index is 11.8. The van der Waals surface area contributed by atoms with E-state index in [1.54, 1.807) is 4.90 Å². The van der Waals surface area contributed by atoms with Crippen molar-refractivity contribution in [3.8, 4) is 0 Å². The van der Waals surface area contributed by atoms with E-state index in [2.05, 4.69) is 5.32 Å². The molecule has 1 aliphatic heterocycles. The second-order valence-electron chi connectivity index (χ2n) is 4.94. The first-order chi connectivity index (χ1) is 8.41. The average Bonchev–Trinajstić information content (AvgIpc) is 2.35. The predicted octanol–water partition coefficient (Wildman–Crippen LogP) is -0.517. The molecule has 1 rings (SSSR count). The minimum Gasteiger partial charge on any atom is -0.368 e. The van der Waals surface area contributed by atoms with Gasteiger partial charge in [-0.2, -0.15) is 0 Å². The lowest BCUT2D eigenvalue weighted by Gasteiger charge is -2.32. The van der Waals surface area contributed by atoms with Crippen molar-refractivity contribution in [1.82, 2.24) is 10.2 Å². The van der Waals surface area contributed by atoms with Gasteiger partial charge in [0.25, 0.3) is 0 Å². The van der Waals surface area contributed by atoms with E-state index in [1.165, 1.54) is 0 Å². The second-order valence-corrected chi connectivity index (χ2v) is 4.94. The van der Waals surface area contributed by atoms with Crippen LogP contribution < -0.4 is 11.1 Å². The first kappa shape index (κ1) is 14.5. The molecule has 0 aromatic carbocycles. The lowest BCUT2D eigenvalue weighted by molar-refractivity contribution is -0.138. The number of carbonyl (C=O) groups is 3. The van der Waals surface area contributed by atoms with E-state index < -0.39 is 5.91 Å². The van der Waals surface area contributed by atoms with Crippen molar-refractivity contribution in [2.75, 3.05) is 19.6 Å². The fourth-order valence-electron chi connectivity index (χ4n) is 2.05. The third-order valence-corrected chi connectivity index (χ3v) is 3.11. The molecule has 0 unspecified atom stereocenters. The molecule has 18 heavy (non-hydrogen) atoms. The number of hydrogen-bond acceptors (Lipinski definition) is 3. The van der Waals surface area contributed by atoms with Crippen LogP contribution in [-0.4, -0.2) is 42.3 Å². The molecule has 1 fully saturated rings. The summed E-state index contributed by atoms with van der Waals surface area (Å²) < 4.78 is 0. The number of hydrogen-bond donors (Lipinski definition) is 2. The number of nitrogens with two attached hydrogens (primary N) is 1. The zero-order valence-corrected chi connectivity index (χ0v) is 10.9. The van der Waals surface area contributed by atoms with E-state index in [1.807, 2.05) is 13.8 Å². The van der Waals surface area contributed by atoms with Gasteiger partial charge < -0.3 is 16.0 Å². The lowest BCUT2D eigenvalue weighted by Crippen LogP contribution is -2.45. The van der Waals surface area contributed by atoms with Crippen LogP contribution in [0.1, 0.15) is 26.7 Å². The van der Waals surface area contributed by atoms with Crippen molar-refractivity contribution < 1.29 is 14.4 Å². The minimum absolute atomic E-state index is 0.00904. The molecule has 1 heterocycles. The summed E-state index contributed by atoms with van der Waals surface area (Å²) in [5.41, 5.74) is 4.96. The molecule has 0 spiro atoms. The molecule has 0 aliphatic carbocycles. The normalized spacial score (nSPS) is 16.7. The topological polar surface area (TPSA) is 92.5 Å². The van der Waals surface area contributed by atoms with E-state index in [4.69, 9.17) is 5.73 Å². The molecule has 1 aliphatic rings. The Labute approximate surface area is 107 Å². The maximum absolute atomic E-state index is 11.8. The Morgan fingerprint density at radius 1 is 1.28 bits per heavy atom. The monoisotopic (exact) mass is 255 g/mol. The van der Waals surface area contributed by atoms with Gasteiger partial charge in [0, 0.05) is 24.9 Å². The van der Waals surface area contributed by atoms with E-state index in [0.29, 0.717) is 25.9 Å². The highest BCUT2D eigenvalue weighted by Crippen LogP contribution is 2.18. The summed E-state index contributed by atoms with van der Waals surface area (Å²) in [4.78, 5) is 35.8. The molecule has 1 saturated heterocycles. The number of primary amides is 1. The summed E-state index contributed by atoms with van der Waals surface area (Å²) in [6.07, 6.45) is 1.28. The van der Waals surface area contributed by atoms with E-state index in [9.17, 15) is 14.4 Å². The Morgan fingerprint density at radius 3 is 2.28 bits per heavy atom. The SMILES string of the molecule is CC(C)C(=O)N1CCC(C(=O)NCC(N)=O)CC1. The van der Waals surface area contributed by atoms with Gasteiger partial charge in [0.05, 0.1) is 6.54 Å². The third-order valence-electron chi connectivity index (χ3n) is 3.11. The highest BCUT2D eigenvalue weighted by atomic mass is 16.2. The van der Waals surface area contributed by atoms with E-state index in [0.717, 1.165) is 0 Å². The molecule has 0 radical (unpaired) electrons. The molecule has 102 valence electrons. The van der Waals surface area contributed by atoms with Crippen molar-refractivity contribution in [2.24, 2.45) is 17.6 Å². The number of nitrogens with zero attached hydrogens (tertiary/aromatic N) is 1. The molecule has 0 aromatic rings. The number of piperidine rings is 1. The number of nitrogens with one attached hydrogen (secondary N) is 1. The fourth-order valence-corrected chi connectivity index (χ4v) is 2.05. The molecule has 0 aromatic heterocycles. The van der Waals surface area contributed by atoms with Gasteiger partial charge in [-0.15, -0.1) is 0 Å². The van der Waals surface area contributed by atoms with Crippen LogP contribution >= 0.6 is 0 Å². The molecule has 3 N–H and O–H groups in total. The Balaban J connectivity index is 2.37. The number of likely N-dealkylation sites (tertiary alicyclic amines) is 1. The number of rotatable bonds is 4. The summed E-state index contributed by atoms with van der Waals surface area (Å²) in [6.45, 7) is 4.82. The average molecular weight is 255 g/mol. The van der Waals surface area contributed by atoms with Crippen molar-refractivity contribution in [3.63, 3.8) is 0 Å². The zero-order chi connectivity index (χ0) is 13.7. The molecule has 6 heteroatoms. The van der Waals surface area contributed by atoms with Crippen molar-refractivity contribution in [1.29, 1.82) is 0 Å². The summed E-state index contributed by atoms with van der Waals surface area (Å²) in [5.74, 6) is -0.696. The maximum Gasteiger partial charge on any atom is 0.236 e. The van der Waals surface area contributed by atoms with Crippen LogP contribution in [0.25, 0.3) is 0 Å². The summed E-state index contributed by atoms with van der Waals surface area (Å²) in [5, 5.41) is 2.50. The lowest BCUT2D eigenvalue weighted by atomic mass is 9.95. The van der Waals surface area contributed by atoms with Crippen LogP contribution in [0.5, 0.6) is 0 Å². The van der Waals surface area contributed by atoms with Gasteiger partial charge in [-0.3, -0.25) is 14.4 Å². The molecule has 3 amide bonds. The van der Waals surface area contributed by atoms with Crippen LogP contribution in [0, 0.1) is 11.8 Å². The molecular weight excluding hydrogens is 234 g/mol. The van der Waals surface area contributed by atoms with Crippen LogP contribution in [0.2, 0.25) is 0 Å². The van der Waals surface area contributed by atoms with E-state index >= 15 is 0 Å². The Bertz CT molecular complexity index is 333. The smallest absolute Gasteiger partial charge is 0.236 e. The summed E-state index contributed by atoms with van der Waals surface area (Å²) >= 11 is 0. The van der Waals surface area contributed by atoms with Gasteiger partial charge >= 0.3 is 0 Å². The van der Waals surface area contributed by atoms with Crippen LogP contribution in [-0.2, 0) is 14.4 Å². The predicted molar refractivity (Wildman–Crippen MR) is 66.3 cm³/mol. The Morgan fingerprint density at radius 2 is 1.83 bits per heavy atom. The molecular formula is C12H21N3O3. The fraction of sp³-hybridized carbons (Fsp3) is 0.750. The van der Waals surface area contributed by atoms with Crippen LogP contribution in [0.4, 0.5) is 0 Å². The first-order valence-corrected chi connectivity index (χ1v) is 6.26. The van der Waals surface area contributed by atoms with Crippen LogP contribution in [0.3, 0.4) is 0 Å². The van der Waals surface area contributed by atoms with Crippen molar-refractivity contribution in [2.45, 2.75) is 26.7 Å². The zero-order valence-electron chi connectivity index (χ0n) is 10.9. The Hall–Kier alpha value is -1.59. The van der Waals surface area contributed by atoms with Crippen molar-refractivity contribution in [3.05, 3.63) is 0 Å². The van der Waals surface area contributed by atoms with Gasteiger partial charge in [0.1, 0.15) is 0 Å². The largest absolute Gasteiger partial charge is 0.368 e. The van der Waals surface area contributed by atoms with Gasteiger partial charge in [-0.05, 0) is 12.8 Å². The molecule has 0 saturated carbocycles. The standard InChI is InChI=1S/C12H21N3O3/c1-8(2)12(18)15-5-3-9(4-6-15)11(17)14-7-10(13)16/h8-9H,3-7H2,1-2H3,(H2,13,16)(H,14,17). The first-order valence-electron chi connectivity index (χ1n) is 6.26. The summed E-state index contributed by atoms with van der Waals surface area (Å²) in [7, 11) is 0. The van der Waals surface area contributed by atoms with Gasteiger partial charge in [0.2, 0.25) is 17.7 Å². The molecule has 0 atom stereocenters. The minimum atomic E-state index is -0.546. The highest BCUT2D eigenvalue weighted by Gasteiger charge is 2.28. The Kier molecular flexibility index (Phi) is 5.12.